The van der Waals surface area contributed by atoms with Crippen LogP contribution in [0.15, 0.2) is 132 Å². The maximum absolute atomic E-state index is 6.82. The number of hydrogen-bond donors (Lipinski definition) is 0. The molecule has 0 saturated carbocycles. The van der Waals surface area contributed by atoms with Gasteiger partial charge in [-0.2, -0.15) is 0 Å². The molecule has 0 unspecified atom stereocenters. The molecule has 0 aliphatic carbocycles. The van der Waals surface area contributed by atoms with Gasteiger partial charge in [-0.15, -0.1) is 0 Å². The summed E-state index contributed by atoms with van der Waals surface area (Å²) in [5.41, 5.74) is 12.6. The molecule has 4 nitrogen and oxygen atoms in total. The standard InChI is InChI=1S/C40H21BN2O2/c1-2-10-23-22(9-1)19-20-26-25-12-7-13-27-35-36-31(21-28-24-11-3-5-16-32(24)45-40(28)35)42-30-15-4-6-17-33(30)44-34-18-8-14-29(39(34)42)41(36)43(37(23)26)38(25)27/h1-21H. The molecule has 7 aromatic carbocycles. The van der Waals surface area contributed by atoms with Crippen molar-refractivity contribution in [1.82, 2.24) is 4.48 Å². The molecule has 0 N–H and O–H groups in total. The second-order valence-electron chi connectivity index (χ2n) is 12.4. The number of rotatable bonds is 0. The maximum atomic E-state index is 6.82. The van der Waals surface area contributed by atoms with Crippen molar-refractivity contribution in [3.05, 3.63) is 127 Å². The first-order chi connectivity index (χ1) is 22.3. The van der Waals surface area contributed by atoms with Crippen LogP contribution in [0.2, 0.25) is 0 Å². The van der Waals surface area contributed by atoms with Gasteiger partial charge in [-0.1, -0.05) is 97.1 Å². The second kappa shape index (κ2) is 7.58. The zero-order valence-corrected chi connectivity index (χ0v) is 23.9. The largest absolute Gasteiger partial charge is 0.455 e. The van der Waals surface area contributed by atoms with Crippen LogP contribution in [0, 0.1) is 0 Å². The van der Waals surface area contributed by atoms with Crippen LogP contribution in [0.25, 0.3) is 65.6 Å². The molecule has 0 atom stereocenters. The third-order valence-electron chi connectivity index (χ3n) is 10.3. The van der Waals surface area contributed by atoms with Crippen LogP contribution in [0.5, 0.6) is 11.5 Å². The minimum absolute atomic E-state index is 0.0756. The predicted octanol–water partition coefficient (Wildman–Crippen LogP) is 9.37. The number of hydrogen-bond acceptors (Lipinski definition) is 3. The zero-order chi connectivity index (χ0) is 29.0. The SMILES string of the molecule is c1ccc2c(c1)Oc1cccc3c1N2c1cc2c(oc4ccccc42)c2c1B3n1c3c-2cccc3c2ccc3ccccc3c21. The number of aromatic nitrogens is 1. The van der Waals surface area contributed by atoms with Gasteiger partial charge < -0.3 is 18.5 Å². The van der Waals surface area contributed by atoms with Gasteiger partial charge in [0.15, 0.2) is 11.5 Å². The number of benzene rings is 7. The second-order valence-corrected chi connectivity index (χ2v) is 12.4. The smallest absolute Gasteiger partial charge is 0.333 e. The van der Waals surface area contributed by atoms with Crippen LogP contribution in [-0.4, -0.2) is 11.3 Å². The van der Waals surface area contributed by atoms with E-state index in [0.717, 1.165) is 44.8 Å². The van der Waals surface area contributed by atoms with Crippen LogP contribution in [0.3, 0.4) is 0 Å². The van der Waals surface area contributed by atoms with Crippen LogP contribution in [0.4, 0.5) is 17.1 Å². The maximum Gasteiger partial charge on any atom is 0.333 e. The molecule has 45 heavy (non-hydrogen) atoms. The number of nitrogens with zero attached hydrogens (tertiary/aromatic N) is 2. The summed E-state index contributed by atoms with van der Waals surface area (Å²) in [5, 5.41) is 7.31. The molecular weight excluding hydrogens is 551 g/mol. The lowest BCUT2D eigenvalue weighted by Gasteiger charge is -2.43. The van der Waals surface area contributed by atoms with Gasteiger partial charge in [-0.3, -0.25) is 0 Å². The molecule has 0 bridgehead atoms. The van der Waals surface area contributed by atoms with Crippen molar-refractivity contribution in [1.29, 1.82) is 0 Å². The van der Waals surface area contributed by atoms with Gasteiger partial charge in [0.2, 0.25) is 0 Å². The number of fused-ring (bicyclic) bond motifs is 15. The quantitative estimate of drug-likeness (QED) is 0.170. The summed E-state index contributed by atoms with van der Waals surface area (Å²) in [4.78, 5) is 2.44. The van der Waals surface area contributed by atoms with E-state index in [9.17, 15) is 0 Å². The first-order valence-corrected chi connectivity index (χ1v) is 15.5. The highest BCUT2D eigenvalue weighted by Gasteiger charge is 2.46. The molecule has 3 aliphatic heterocycles. The molecule has 5 heterocycles. The van der Waals surface area contributed by atoms with Crippen LogP contribution in [0.1, 0.15) is 0 Å². The normalized spacial score (nSPS) is 13.9. The van der Waals surface area contributed by atoms with Gasteiger partial charge in [0.05, 0.1) is 11.4 Å². The lowest BCUT2D eigenvalue weighted by atomic mass is 9.45. The summed E-state index contributed by atoms with van der Waals surface area (Å²) in [6, 6.07) is 45.9. The minimum atomic E-state index is -0.0756. The van der Waals surface area contributed by atoms with E-state index in [1.807, 2.05) is 6.07 Å². The van der Waals surface area contributed by atoms with Gasteiger partial charge in [-0.25, -0.2) is 0 Å². The average molecular weight is 572 g/mol. The monoisotopic (exact) mass is 572 g/mol. The number of anilines is 3. The summed E-state index contributed by atoms with van der Waals surface area (Å²) in [7, 11) is 0. The fourth-order valence-corrected chi connectivity index (χ4v) is 8.64. The topological polar surface area (TPSA) is 30.5 Å². The van der Waals surface area contributed by atoms with Gasteiger partial charge in [0, 0.05) is 54.8 Å². The molecule has 5 heteroatoms. The van der Waals surface area contributed by atoms with Crippen molar-refractivity contribution in [3.8, 4) is 22.6 Å². The van der Waals surface area contributed by atoms with E-state index in [4.69, 9.17) is 9.15 Å². The Bertz CT molecular complexity index is 2830. The van der Waals surface area contributed by atoms with E-state index >= 15 is 0 Å². The van der Waals surface area contributed by atoms with E-state index < -0.39 is 0 Å². The van der Waals surface area contributed by atoms with Crippen molar-refractivity contribution in [3.63, 3.8) is 0 Å². The molecule has 0 radical (unpaired) electrons. The number of furan rings is 1. The van der Waals surface area contributed by atoms with Crippen molar-refractivity contribution < 1.29 is 9.15 Å². The average Bonchev–Trinajstić information content (AvgIpc) is 3.64. The molecular formula is C40H21BN2O2. The fraction of sp³-hybridized carbons (Fsp3) is 0. The fourth-order valence-electron chi connectivity index (χ4n) is 8.64. The minimum Gasteiger partial charge on any atom is -0.455 e. The molecule has 206 valence electrons. The third kappa shape index (κ3) is 2.52. The van der Waals surface area contributed by atoms with Gasteiger partial charge in [0.25, 0.3) is 0 Å². The molecule has 9 aromatic rings. The molecule has 0 spiro atoms. The van der Waals surface area contributed by atoms with Crippen LogP contribution >= 0.6 is 0 Å². The summed E-state index contributed by atoms with van der Waals surface area (Å²) in [5.74, 6) is 1.74. The van der Waals surface area contributed by atoms with Gasteiger partial charge >= 0.3 is 6.85 Å². The molecule has 0 saturated heterocycles. The molecule has 0 fully saturated rings. The highest BCUT2D eigenvalue weighted by atomic mass is 16.5. The highest BCUT2D eigenvalue weighted by Crippen LogP contribution is 2.55. The van der Waals surface area contributed by atoms with Crippen molar-refractivity contribution >= 4 is 89.4 Å². The Kier molecular flexibility index (Phi) is 3.80. The van der Waals surface area contributed by atoms with Gasteiger partial charge in [-0.05, 0) is 46.6 Å². The number of para-hydroxylation sites is 5. The predicted molar refractivity (Wildman–Crippen MR) is 185 cm³/mol. The van der Waals surface area contributed by atoms with Crippen molar-refractivity contribution in [2.75, 3.05) is 4.90 Å². The third-order valence-corrected chi connectivity index (χ3v) is 10.3. The summed E-state index contributed by atoms with van der Waals surface area (Å²) < 4.78 is 16.1. The van der Waals surface area contributed by atoms with Crippen molar-refractivity contribution in [2.24, 2.45) is 0 Å². The van der Waals surface area contributed by atoms with E-state index in [2.05, 4.69) is 131 Å². The van der Waals surface area contributed by atoms with Crippen molar-refractivity contribution in [2.45, 2.75) is 0 Å². The Hall–Kier alpha value is -5.94. The first kappa shape index (κ1) is 22.6. The van der Waals surface area contributed by atoms with E-state index in [0.29, 0.717) is 0 Å². The van der Waals surface area contributed by atoms with E-state index in [1.165, 1.54) is 60.3 Å². The number of ether oxygens (including phenoxy) is 1. The summed E-state index contributed by atoms with van der Waals surface area (Å²) >= 11 is 0. The Morgan fingerprint density at radius 3 is 2.31 bits per heavy atom. The lowest BCUT2D eigenvalue weighted by molar-refractivity contribution is 0.477. The zero-order valence-electron chi connectivity index (χ0n) is 23.9. The summed E-state index contributed by atoms with van der Waals surface area (Å²) in [6.07, 6.45) is 0. The van der Waals surface area contributed by atoms with E-state index in [-0.39, 0.29) is 6.85 Å². The molecule has 0 amide bonds. The lowest BCUT2D eigenvalue weighted by Crippen LogP contribution is -2.57. The van der Waals surface area contributed by atoms with E-state index in [1.54, 1.807) is 0 Å². The highest BCUT2D eigenvalue weighted by molar-refractivity contribution is 6.90. The Labute approximate surface area is 257 Å². The Morgan fingerprint density at radius 1 is 0.556 bits per heavy atom. The molecule has 12 rings (SSSR count). The molecule has 3 aliphatic rings. The summed E-state index contributed by atoms with van der Waals surface area (Å²) in [6.45, 7) is -0.0756. The Balaban J connectivity index is 1.37. The first-order valence-electron chi connectivity index (χ1n) is 15.5. The van der Waals surface area contributed by atoms with Crippen LogP contribution in [-0.2, 0) is 0 Å². The Morgan fingerprint density at radius 2 is 1.33 bits per heavy atom. The molecule has 2 aromatic heterocycles. The van der Waals surface area contributed by atoms with Gasteiger partial charge in [0.1, 0.15) is 11.2 Å². The van der Waals surface area contributed by atoms with Crippen LogP contribution < -0.4 is 20.6 Å².